The lowest BCUT2D eigenvalue weighted by atomic mass is 10.2. The number of carbonyl (C=O) groups is 1. The number of aromatic nitrogens is 1. The topological polar surface area (TPSA) is 90.0 Å². The number of ether oxygens (including phenoxy) is 1. The van der Waals surface area contributed by atoms with Gasteiger partial charge < -0.3 is 20.2 Å². The molecule has 1 aliphatic heterocycles. The third-order valence-corrected chi connectivity index (χ3v) is 4.85. The number of benzene rings is 1. The van der Waals surface area contributed by atoms with Crippen molar-refractivity contribution in [2.75, 3.05) is 13.1 Å². The summed E-state index contributed by atoms with van der Waals surface area (Å²) in [6.45, 7) is 3.72. The molecule has 2 aromatic rings. The Bertz CT molecular complexity index is 801. The van der Waals surface area contributed by atoms with Crippen molar-refractivity contribution in [3.63, 3.8) is 0 Å². The molecule has 7 heteroatoms. The molecule has 1 unspecified atom stereocenters. The van der Waals surface area contributed by atoms with Crippen LogP contribution >= 0.6 is 0 Å². The number of pyridine rings is 1. The van der Waals surface area contributed by atoms with Gasteiger partial charge in [-0.2, -0.15) is 0 Å². The number of amides is 1. The number of likely N-dealkylation sites (tertiary alicyclic amines) is 1. The van der Waals surface area contributed by atoms with Crippen molar-refractivity contribution in [1.82, 2.24) is 9.88 Å². The van der Waals surface area contributed by atoms with Gasteiger partial charge in [0.25, 0.3) is 5.91 Å². The molecule has 1 aromatic carbocycles. The van der Waals surface area contributed by atoms with Gasteiger partial charge >= 0.3 is 0 Å². The van der Waals surface area contributed by atoms with E-state index in [0.29, 0.717) is 12.2 Å². The van der Waals surface area contributed by atoms with E-state index >= 15 is 0 Å². The fourth-order valence-electron chi connectivity index (χ4n) is 3.15. The number of amidine groups is 1. The third-order valence-electron chi connectivity index (χ3n) is 4.85. The lowest BCUT2D eigenvalue weighted by Gasteiger charge is -2.22. The monoisotopic (exact) mass is 396 g/mol. The highest BCUT2D eigenvalue weighted by Crippen LogP contribution is 2.15. The molecular formula is C22H28N4O3. The van der Waals surface area contributed by atoms with Crippen molar-refractivity contribution in [2.24, 2.45) is 10.9 Å². The highest BCUT2D eigenvalue weighted by atomic mass is 16.6. The van der Waals surface area contributed by atoms with Crippen LogP contribution in [-0.2, 0) is 16.2 Å². The van der Waals surface area contributed by atoms with Gasteiger partial charge in [-0.1, -0.05) is 24.1 Å². The fourth-order valence-corrected chi connectivity index (χ4v) is 3.15. The number of nitrogens with two attached hydrogens (primary N) is 1. The Hall–Kier alpha value is -3.09. The van der Waals surface area contributed by atoms with E-state index < -0.39 is 6.10 Å². The first kappa shape index (κ1) is 20.6. The first-order valence-corrected chi connectivity index (χ1v) is 10.0. The Balaban J connectivity index is 1.51. The van der Waals surface area contributed by atoms with Gasteiger partial charge in [-0.15, -0.1) is 0 Å². The third kappa shape index (κ3) is 6.20. The van der Waals surface area contributed by atoms with Crippen LogP contribution in [0, 0.1) is 0 Å². The molecule has 29 heavy (non-hydrogen) atoms. The molecule has 1 saturated heterocycles. The van der Waals surface area contributed by atoms with Gasteiger partial charge in [0.2, 0.25) is 6.10 Å². The van der Waals surface area contributed by atoms with Crippen LogP contribution in [0.1, 0.15) is 43.7 Å². The van der Waals surface area contributed by atoms with Gasteiger partial charge in [0.05, 0.1) is 0 Å². The summed E-state index contributed by atoms with van der Waals surface area (Å²) in [6.07, 6.45) is 7.26. The molecule has 1 amide bonds. The van der Waals surface area contributed by atoms with Crippen molar-refractivity contribution in [1.29, 1.82) is 0 Å². The summed E-state index contributed by atoms with van der Waals surface area (Å²) >= 11 is 0. The van der Waals surface area contributed by atoms with Crippen LogP contribution in [0.5, 0.6) is 5.75 Å². The Morgan fingerprint density at radius 2 is 1.90 bits per heavy atom. The molecule has 3 rings (SSSR count). The van der Waals surface area contributed by atoms with Crippen LogP contribution in [0.4, 0.5) is 0 Å². The van der Waals surface area contributed by atoms with Gasteiger partial charge in [-0.3, -0.25) is 9.78 Å². The molecule has 0 bridgehead atoms. The zero-order valence-electron chi connectivity index (χ0n) is 16.8. The van der Waals surface area contributed by atoms with E-state index in [1.807, 2.05) is 41.3 Å². The highest BCUT2D eigenvalue weighted by Gasteiger charge is 2.22. The van der Waals surface area contributed by atoms with E-state index in [1.54, 1.807) is 19.3 Å². The van der Waals surface area contributed by atoms with Crippen LogP contribution in [0.25, 0.3) is 0 Å². The summed E-state index contributed by atoms with van der Waals surface area (Å²) in [6, 6.07) is 11.1. The largest absolute Gasteiger partial charge is 0.489 e. The van der Waals surface area contributed by atoms with E-state index in [-0.39, 0.29) is 11.7 Å². The zero-order valence-corrected chi connectivity index (χ0v) is 16.8. The summed E-state index contributed by atoms with van der Waals surface area (Å²) in [7, 11) is 0. The molecule has 0 spiro atoms. The lowest BCUT2D eigenvalue weighted by molar-refractivity contribution is -0.142. The number of oxime groups is 1. The molecule has 1 fully saturated rings. The summed E-state index contributed by atoms with van der Waals surface area (Å²) in [5.41, 5.74) is 7.71. The second-order valence-electron chi connectivity index (χ2n) is 7.14. The van der Waals surface area contributed by atoms with E-state index in [0.717, 1.165) is 37.2 Å². The maximum absolute atomic E-state index is 12.5. The van der Waals surface area contributed by atoms with E-state index in [2.05, 4.69) is 10.1 Å². The van der Waals surface area contributed by atoms with Gasteiger partial charge in [0, 0.05) is 36.6 Å². The minimum Gasteiger partial charge on any atom is -0.489 e. The summed E-state index contributed by atoms with van der Waals surface area (Å²) in [4.78, 5) is 23.8. The number of hydrogen-bond acceptors (Lipinski definition) is 5. The molecule has 154 valence electrons. The molecule has 1 aromatic heterocycles. The smallest absolute Gasteiger partial charge is 0.266 e. The van der Waals surface area contributed by atoms with Crippen LogP contribution in [0.15, 0.2) is 53.9 Å². The predicted molar refractivity (Wildman–Crippen MR) is 111 cm³/mol. The summed E-state index contributed by atoms with van der Waals surface area (Å²) in [5, 5.41) is 3.95. The minimum absolute atomic E-state index is 0.0393. The van der Waals surface area contributed by atoms with Crippen molar-refractivity contribution >= 4 is 11.7 Å². The normalized spacial score (nSPS) is 16.0. The second kappa shape index (κ2) is 10.5. The van der Waals surface area contributed by atoms with Crippen molar-refractivity contribution in [3.05, 3.63) is 59.9 Å². The summed E-state index contributed by atoms with van der Waals surface area (Å²) in [5.74, 6) is 0.901. The van der Waals surface area contributed by atoms with E-state index in [1.165, 1.54) is 12.8 Å². The standard InChI is InChI=1S/C22H28N4O3/c1-17(22(27)26-13-4-2-3-5-14-26)29-25-21(23)19-8-10-20(11-9-19)28-16-18-7-6-12-24-15-18/h6-12,15,17H,2-5,13-14,16H2,1H3,(H2,23,25). The second-order valence-corrected chi connectivity index (χ2v) is 7.14. The maximum atomic E-state index is 12.5. The Labute approximate surface area is 171 Å². The van der Waals surface area contributed by atoms with Gasteiger partial charge in [-0.05, 0) is 50.1 Å². The summed E-state index contributed by atoms with van der Waals surface area (Å²) < 4.78 is 5.73. The molecule has 0 aliphatic carbocycles. The van der Waals surface area contributed by atoms with Crippen LogP contribution < -0.4 is 10.5 Å². The maximum Gasteiger partial charge on any atom is 0.266 e. The number of hydrogen-bond donors (Lipinski definition) is 1. The first-order chi connectivity index (χ1) is 14.1. The average Bonchev–Trinajstić information content (AvgIpc) is 3.06. The van der Waals surface area contributed by atoms with Crippen LogP contribution in [0.2, 0.25) is 0 Å². The van der Waals surface area contributed by atoms with Gasteiger partial charge in [-0.25, -0.2) is 0 Å². The fraction of sp³-hybridized carbons (Fsp3) is 0.409. The first-order valence-electron chi connectivity index (χ1n) is 10.0. The van der Waals surface area contributed by atoms with Crippen LogP contribution in [-0.4, -0.2) is 40.8 Å². The average molecular weight is 396 g/mol. The molecule has 7 nitrogen and oxygen atoms in total. The SMILES string of the molecule is CC(ON=C(N)c1ccc(OCc2cccnc2)cc1)C(=O)N1CCCCCC1. The van der Waals surface area contributed by atoms with E-state index in [4.69, 9.17) is 15.3 Å². The molecule has 1 aliphatic rings. The molecule has 1 atom stereocenters. The highest BCUT2D eigenvalue weighted by molar-refractivity contribution is 5.97. The quantitative estimate of drug-likeness (QED) is 0.441. The Kier molecular flexibility index (Phi) is 7.44. The van der Waals surface area contributed by atoms with Gasteiger partial charge in [0.1, 0.15) is 12.4 Å². The molecule has 2 N–H and O–H groups in total. The van der Waals surface area contributed by atoms with Crippen molar-refractivity contribution in [3.8, 4) is 5.75 Å². The number of rotatable bonds is 7. The van der Waals surface area contributed by atoms with Crippen LogP contribution in [0.3, 0.4) is 0 Å². The number of nitrogens with zero attached hydrogens (tertiary/aromatic N) is 3. The molecular weight excluding hydrogens is 368 g/mol. The number of carbonyl (C=O) groups excluding carboxylic acids is 1. The predicted octanol–water partition coefficient (Wildman–Crippen LogP) is 3.09. The van der Waals surface area contributed by atoms with Gasteiger partial charge in [0.15, 0.2) is 5.84 Å². The van der Waals surface area contributed by atoms with Crippen molar-refractivity contribution < 1.29 is 14.4 Å². The molecule has 0 saturated carbocycles. The minimum atomic E-state index is -0.659. The molecule has 0 radical (unpaired) electrons. The van der Waals surface area contributed by atoms with Crippen molar-refractivity contribution in [2.45, 2.75) is 45.3 Å². The molecule has 2 heterocycles. The lowest BCUT2D eigenvalue weighted by Crippen LogP contribution is -2.39. The Morgan fingerprint density at radius 1 is 1.17 bits per heavy atom. The Morgan fingerprint density at radius 3 is 2.55 bits per heavy atom. The van der Waals surface area contributed by atoms with E-state index in [9.17, 15) is 4.79 Å². The zero-order chi connectivity index (χ0) is 20.5.